The molecule has 0 aliphatic heterocycles. The van der Waals surface area contributed by atoms with Crippen LogP contribution in [-0.2, 0) is 6.54 Å². The monoisotopic (exact) mass is 371 g/mol. The van der Waals surface area contributed by atoms with E-state index in [1.165, 1.54) is 12.8 Å². The van der Waals surface area contributed by atoms with E-state index in [1.807, 2.05) is 18.3 Å². The van der Waals surface area contributed by atoms with Crippen molar-refractivity contribution in [1.82, 2.24) is 14.5 Å². The van der Waals surface area contributed by atoms with Crippen LogP contribution in [0.5, 0.6) is 17.2 Å². The summed E-state index contributed by atoms with van der Waals surface area (Å²) in [4.78, 5) is 7.84. The summed E-state index contributed by atoms with van der Waals surface area (Å²) in [6, 6.07) is 5.87. The molecule has 1 N–H and O–H groups in total. The highest BCUT2D eigenvalue weighted by molar-refractivity contribution is 7.71. The lowest BCUT2D eigenvalue weighted by molar-refractivity contribution is 0.324. The number of nitrogens with zero attached hydrogens (tertiary/aromatic N) is 2. The van der Waals surface area contributed by atoms with E-state index in [1.54, 1.807) is 21.3 Å². The quantitative estimate of drug-likeness (QED) is 0.658. The van der Waals surface area contributed by atoms with Crippen molar-refractivity contribution >= 4 is 23.3 Å². The molecule has 0 saturated heterocycles. The van der Waals surface area contributed by atoms with E-state index in [2.05, 4.69) is 20.6 Å². The highest BCUT2D eigenvalue weighted by Crippen LogP contribution is 2.41. The Balaban J connectivity index is 1.84. The number of imidazole rings is 1. The normalized spacial score (nSPS) is 13.8. The molecule has 1 saturated carbocycles. The molecule has 2 aromatic heterocycles. The van der Waals surface area contributed by atoms with E-state index >= 15 is 0 Å². The van der Waals surface area contributed by atoms with Crippen LogP contribution in [0.15, 0.2) is 24.4 Å². The Kier molecular flexibility index (Phi) is 4.32. The molecule has 3 aromatic rings. The topological polar surface area (TPSA) is 61.3 Å². The summed E-state index contributed by atoms with van der Waals surface area (Å²) in [7, 11) is 4.81. The van der Waals surface area contributed by atoms with Crippen LogP contribution in [0.3, 0.4) is 0 Å². The van der Waals surface area contributed by atoms with E-state index in [0.29, 0.717) is 17.2 Å². The molecule has 4 rings (SSSR count). The first-order valence-electron chi connectivity index (χ1n) is 8.53. The fourth-order valence-corrected chi connectivity index (χ4v) is 3.47. The van der Waals surface area contributed by atoms with Gasteiger partial charge < -0.3 is 23.8 Å². The zero-order chi connectivity index (χ0) is 18.3. The molecule has 7 heteroatoms. The van der Waals surface area contributed by atoms with Crippen LogP contribution in [0, 0.1) is 10.7 Å². The highest BCUT2D eigenvalue weighted by atomic mass is 32.1. The zero-order valence-electron chi connectivity index (χ0n) is 15.0. The molecule has 6 nitrogen and oxygen atoms in total. The third-order valence-electron chi connectivity index (χ3n) is 4.76. The Morgan fingerprint density at radius 3 is 2.38 bits per heavy atom. The number of ether oxygens (including phenoxy) is 3. The Hall–Kier alpha value is -2.54. The first-order valence-corrected chi connectivity index (χ1v) is 8.94. The molecule has 2 heterocycles. The number of fused-ring (bicyclic) bond motifs is 1. The van der Waals surface area contributed by atoms with Gasteiger partial charge in [-0.3, -0.25) is 4.98 Å². The van der Waals surface area contributed by atoms with Crippen LogP contribution in [0.4, 0.5) is 0 Å². The Morgan fingerprint density at radius 2 is 1.81 bits per heavy atom. The van der Waals surface area contributed by atoms with Crippen LogP contribution in [0.25, 0.3) is 22.3 Å². The number of benzene rings is 1. The molecule has 1 aliphatic carbocycles. The molecular formula is C19H21N3O3S. The zero-order valence-corrected chi connectivity index (χ0v) is 15.9. The van der Waals surface area contributed by atoms with Gasteiger partial charge in [0, 0.05) is 12.1 Å². The number of rotatable bonds is 6. The van der Waals surface area contributed by atoms with Crippen LogP contribution in [-0.4, -0.2) is 35.9 Å². The number of nitrogens with one attached hydrogen (secondary N) is 1. The Morgan fingerprint density at radius 1 is 1.12 bits per heavy atom. The largest absolute Gasteiger partial charge is 0.493 e. The van der Waals surface area contributed by atoms with Gasteiger partial charge in [0.05, 0.1) is 44.3 Å². The first kappa shape index (κ1) is 16.9. The molecule has 0 radical (unpaired) electrons. The predicted molar refractivity (Wildman–Crippen MR) is 103 cm³/mol. The van der Waals surface area contributed by atoms with Crippen LogP contribution < -0.4 is 14.2 Å². The minimum atomic E-state index is 0.568. The highest BCUT2D eigenvalue weighted by Gasteiger charge is 2.23. The van der Waals surface area contributed by atoms with Gasteiger partial charge in [-0.2, -0.15) is 0 Å². The molecule has 0 atom stereocenters. The van der Waals surface area contributed by atoms with Crippen molar-refractivity contribution in [2.45, 2.75) is 19.4 Å². The van der Waals surface area contributed by atoms with E-state index < -0.39 is 0 Å². The lowest BCUT2D eigenvalue weighted by Crippen LogP contribution is -2.00. The van der Waals surface area contributed by atoms with Crippen molar-refractivity contribution < 1.29 is 14.2 Å². The van der Waals surface area contributed by atoms with Crippen LogP contribution in [0.1, 0.15) is 12.8 Å². The molecule has 0 spiro atoms. The summed E-state index contributed by atoms with van der Waals surface area (Å²) < 4.78 is 19.2. The van der Waals surface area contributed by atoms with E-state index in [9.17, 15) is 0 Å². The average Bonchev–Trinajstić information content (AvgIpc) is 3.43. The molecule has 1 aromatic carbocycles. The van der Waals surface area contributed by atoms with Crippen molar-refractivity contribution in [2.24, 2.45) is 5.92 Å². The summed E-state index contributed by atoms with van der Waals surface area (Å²) in [6.07, 6.45) is 4.38. The Bertz CT molecular complexity index is 996. The second-order valence-corrected chi connectivity index (χ2v) is 6.87. The van der Waals surface area contributed by atoms with Gasteiger partial charge in [-0.15, -0.1) is 0 Å². The molecule has 1 aliphatic rings. The maximum Gasteiger partial charge on any atom is 0.203 e. The molecule has 26 heavy (non-hydrogen) atoms. The summed E-state index contributed by atoms with van der Waals surface area (Å²) in [5.41, 5.74) is 3.74. The fourth-order valence-electron chi connectivity index (χ4n) is 3.18. The van der Waals surface area contributed by atoms with Crippen molar-refractivity contribution in [3.8, 4) is 28.5 Å². The van der Waals surface area contributed by atoms with Gasteiger partial charge in [-0.05, 0) is 49.2 Å². The number of hydrogen-bond donors (Lipinski definition) is 1. The summed E-state index contributed by atoms with van der Waals surface area (Å²) >= 11 is 5.49. The number of methoxy groups -OCH3 is 3. The Labute approximate surface area is 156 Å². The van der Waals surface area contributed by atoms with Gasteiger partial charge in [0.1, 0.15) is 0 Å². The fraction of sp³-hybridized carbons (Fsp3) is 0.368. The van der Waals surface area contributed by atoms with E-state index in [0.717, 1.165) is 39.5 Å². The van der Waals surface area contributed by atoms with Gasteiger partial charge >= 0.3 is 0 Å². The molecule has 1 fully saturated rings. The second-order valence-electron chi connectivity index (χ2n) is 6.48. The van der Waals surface area contributed by atoms with Crippen LogP contribution in [0.2, 0.25) is 0 Å². The maximum atomic E-state index is 5.49. The summed E-state index contributed by atoms with van der Waals surface area (Å²) in [6.45, 7) is 0.956. The van der Waals surface area contributed by atoms with Gasteiger partial charge in [0.15, 0.2) is 16.3 Å². The smallest absolute Gasteiger partial charge is 0.203 e. The number of aromatic amines is 1. The third kappa shape index (κ3) is 2.92. The van der Waals surface area contributed by atoms with E-state index in [4.69, 9.17) is 26.4 Å². The van der Waals surface area contributed by atoms with Gasteiger partial charge in [-0.25, -0.2) is 0 Å². The number of H-pyrrole nitrogens is 1. The molecular weight excluding hydrogens is 350 g/mol. The predicted octanol–water partition coefficient (Wildman–Crippen LogP) is 4.20. The van der Waals surface area contributed by atoms with Gasteiger partial charge in [0.25, 0.3) is 0 Å². The SMILES string of the molecule is COc1cc(-c2cc3c(cn2)[nH]c(=S)n3CC2CC2)cc(OC)c1OC. The standard InChI is InChI=1S/C19H21N3O3S/c1-23-16-6-12(7-17(24-2)18(16)25-3)13-8-15-14(9-20-13)21-19(26)22(15)10-11-4-5-11/h6-9,11H,4-5,10H2,1-3H3,(H,21,26). The average molecular weight is 371 g/mol. The second kappa shape index (κ2) is 6.64. The molecule has 0 unspecified atom stereocenters. The van der Waals surface area contributed by atoms with Crippen molar-refractivity contribution in [2.75, 3.05) is 21.3 Å². The summed E-state index contributed by atoms with van der Waals surface area (Å²) in [5.74, 6) is 2.51. The minimum Gasteiger partial charge on any atom is -0.493 e. The lowest BCUT2D eigenvalue weighted by Gasteiger charge is -2.14. The molecule has 0 amide bonds. The summed E-state index contributed by atoms with van der Waals surface area (Å²) in [5, 5.41) is 0. The number of aromatic nitrogens is 3. The first-order chi connectivity index (χ1) is 12.6. The minimum absolute atomic E-state index is 0.568. The van der Waals surface area contributed by atoms with Gasteiger partial charge in [-0.1, -0.05) is 0 Å². The van der Waals surface area contributed by atoms with Crippen molar-refractivity contribution in [3.05, 3.63) is 29.2 Å². The number of pyridine rings is 1. The van der Waals surface area contributed by atoms with Gasteiger partial charge in [0.2, 0.25) is 5.75 Å². The molecule has 136 valence electrons. The van der Waals surface area contributed by atoms with Crippen LogP contribution >= 0.6 is 12.2 Å². The van der Waals surface area contributed by atoms with E-state index in [-0.39, 0.29) is 0 Å². The third-order valence-corrected chi connectivity index (χ3v) is 5.08. The number of hydrogen-bond acceptors (Lipinski definition) is 5. The van der Waals surface area contributed by atoms with Crippen molar-refractivity contribution in [1.29, 1.82) is 0 Å². The maximum absolute atomic E-state index is 5.49. The molecule has 0 bridgehead atoms. The lowest BCUT2D eigenvalue weighted by atomic mass is 10.1. The van der Waals surface area contributed by atoms with Crippen molar-refractivity contribution in [3.63, 3.8) is 0 Å².